The number of carboxylic acid groups (broad SMARTS) is 1. The maximum atomic E-state index is 12.5. The molecule has 1 aromatic rings. The number of aliphatic carboxylic acids is 1. The molecule has 23 heavy (non-hydrogen) atoms. The molecule has 122 valence electrons. The van der Waals surface area contributed by atoms with Crippen molar-refractivity contribution in [3.05, 3.63) is 23.8 Å². The van der Waals surface area contributed by atoms with Crippen molar-refractivity contribution in [3.8, 4) is 5.75 Å². The summed E-state index contributed by atoms with van der Waals surface area (Å²) in [4.78, 5) is 35.1. The number of ether oxygens (including phenoxy) is 1. The highest BCUT2D eigenvalue weighted by atomic mass is 16.5. The molecular formula is C16H18N2O5. The van der Waals surface area contributed by atoms with E-state index in [-0.39, 0.29) is 17.9 Å². The third kappa shape index (κ3) is 2.99. The zero-order valence-electron chi connectivity index (χ0n) is 12.7. The Hall–Kier alpha value is -2.57. The summed E-state index contributed by atoms with van der Waals surface area (Å²) in [6, 6.07) is 4.81. The molecule has 0 radical (unpaired) electrons. The van der Waals surface area contributed by atoms with Gasteiger partial charge in [-0.15, -0.1) is 0 Å². The van der Waals surface area contributed by atoms with Gasteiger partial charge in [-0.2, -0.15) is 0 Å². The lowest BCUT2D eigenvalue weighted by molar-refractivity contribution is -0.141. The number of para-hydroxylation sites is 1. The first-order valence-electron chi connectivity index (χ1n) is 7.60. The van der Waals surface area contributed by atoms with Crippen molar-refractivity contribution in [3.63, 3.8) is 0 Å². The second kappa shape index (κ2) is 5.91. The molecule has 1 heterocycles. The molecule has 1 aliphatic carbocycles. The third-order valence-electron chi connectivity index (χ3n) is 4.30. The van der Waals surface area contributed by atoms with Crippen molar-refractivity contribution in [1.29, 1.82) is 0 Å². The van der Waals surface area contributed by atoms with Crippen molar-refractivity contribution in [2.75, 3.05) is 5.32 Å². The second-order valence-corrected chi connectivity index (χ2v) is 5.95. The van der Waals surface area contributed by atoms with Crippen LogP contribution in [-0.4, -0.2) is 35.0 Å². The van der Waals surface area contributed by atoms with Crippen LogP contribution in [0.15, 0.2) is 18.2 Å². The first-order valence-corrected chi connectivity index (χ1v) is 7.60. The predicted octanol–water partition coefficient (Wildman–Crippen LogP) is 1.39. The number of nitrogens with one attached hydrogen (secondary N) is 2. The van der Waals surface area contributed by atoms with Crippen molar-refractivity contribution >= 4 is 23.5 Å². The van der Waals surface area contributed by atoms with Crippen LogP contribution in [0.2, 0.25) is 0 Å². The van der Waals surface area contributed by atoms with Crippen LogP contribution in [0.5, 0.6) is 5.75 Å². The smallest absolute Gasteiger partial charge is 0.306 e. The summed E-state index contributed by atoms with van der Waals surface area (Å²) in [7, 11) is 0. The predicted molar refractivity (Wildman–Crippen MR) is 81.4 cm³/mol. The topological polar surface area (TPSA) is 105 Å². The fraction of sp³-hybridized carbons (Fsp3) is 0.438. The van der Waals surface area contributed by atoms with Crippen molar-refractivity contribution in [1.82, 2.24) is 5.32 Å². The van der Waals surface area contributed by atoms with Gasteiger partial charge in [0.05, 0.1) is 17.2 Å². The van der Waals surface area contributed by atoms with E-state index < -0.39 is 18.0 Å². The average Bonchev–Trinajstić information content (AvgIpc) is 2.96. The Morgan fingerprint density at radius 2 is 2.13 bits per heavy atom. The number of fused-ring (bicyclic) bond motifs is 1. The van der Waals surface area contributed by atoms with Crippen molar-refractivity contribution in [2.24, 2.45) is 5.92 Å². The molecule has 0 saturated heterocycles. The number of hydrogen-bond donors (Lipinski definition) is 3. The maximum absolute atomic E-state index is 12.5. The quantitative estimate of drug-likeness (QED) is 0.781. The van der Waals surface area contributed by atoms with E-state index in [0.29, 0.717) is 36.3 Å². The Bertz CT molecular complexity index is 672. The molecule has 0 aromatic heterocycles. The van der Waals surface area contributed by atoms with Crippen LogP contribution >= 0.6 is 0 Å². The molecule has 1 aliphatic heterocycles. The zero-order valence-corrected chi connectivity index (χ0v) is 12.7. The monoisotopic (exact) mass is 318 g/mol. The van der Waals surface area contributed by atoms with E-state index in [1.807, 2.05) is 0 Å². The molecular weight excluding hydrogens is 300 g/mol. The molecule has 1 saturated carbocycles. The molecule has 0 bridgehead atoms. The fourth-order valence-corrected chi connectivity index (χ4v) is 3.01. The van der Waals surface area contributed by atoms with E-state index in [9.17, 15) is 14.4 Å². The lowest BCUT2D eigenvalue weighted by atomic mass is 10.1. The minimum absolute atomic E-state index is 0.157. The minimum Gasteiger partial charge on any atom is -0.481 e. The van der Waals surface area contributed by atoms with Gasteiger partial charge in [0, 0.05) is 6.04 Å². The second-order valence-electron chi connectivity index (χ2n) is 5.95. The van der Waals surface area contributed by atoms with Crippen LogP contribution in [0.25, 0.3) is 0 Å². The van der Waals surface area contributed by atoms with Gasteiger partial charge in [-0.25, -0.2) is 0 Å². The van der Waals surface area contributed by atoms with Gasteiger partial charge >= 0.3 is 5.97 Å². The summed E-state index contributed by atoms with van der Waals surface area (Å²) in [6.45, 7) is 1.61. The Labute approximate surface area is 133 Å². The van der Waals surface area contributed by atoms with Crippen LogP contribution in [0.4, 0.5) is 5.69 Å². The first-order chi connectivity index (χ1) is 11.0. The Morgan fingerprint density at radius 3 is 2.83 bits per heavy atom. The maximum Gasteiger partial charge on any atom is 0.306 e. The number of carbonyl (C=O) groups is 3. The highest BCUT2D eigenvalue weighted by molar-refractivity contribution is 6.04. The summed E-state index contributed by atoms with van der Waals surface area (Å²) in [5, 5.41) is 14.6. The van der Waals surface area contributed by atoms with Gasteiger partial charge < -0.3 is 20.5 Å². The average molecular weight is 318 g/mol. The Kier molecular flexibility index (Phi) is 3.94. The molecule has 2 amide bonds. The van der Waals surface area contributed by atoms with E-state index in [2.05, 4.69) is 10.6 Å². The van der Waals surface area contributed by atoms with E-state index in [1.165, 1.54) is 0 Å². The summed E-state index contributed by atoms with van der Waals surface area (Å²) in [5.74, 6) is -1.44. The molecule has 3 atom stereocenters. The van der Waals surface area contributed by atoms with Gasteiger partial charge in [-0.05, 0) is 38.3 Å². The van der Waals surface area contributed by atoms with E-state index in [0.717, 1.165) is 0 Å². The summed E-state index contributed by atoms with van der Waals surface area (Å²) < 4.78 is 5.55. The van der Waals surface area contributed by atoms with Gasteiger partial charge in [0.15, 0.2) is 11.9 Å². The van der Waals surface area contributed by atoms with Gasteiger partial charge in [0.2, 0.25) is 0 Å². The largest absolute Gasteiger partial charge is 0.481 e. The molecule has 7 nitrogen and oxygen atoms in total. The summed E-state index contributed by atoms with van der Waals surface area (Å²) in [6.07, 6.45) is 0.978. The van der Waals surface area contributed by atoms with Crippen molar-refractivity contribution in [2.45, 2.75) is 38.3 Å². The van der Waals surface area contributed by atoms with Gasteiger partial charge in [0.1, 0.15) is 0 Å². The molecule has 1 fully saturated rings. The summed E-state index contributed by atoms with van der Waals surface area (Å²) in [5.41, 5.74) is 0.809. The van der Waals surface area contributed by atoms with Crippen LogP contribution in [-0.2, 0) is 9.59 Å². The number of rotatable bonds is 3. The number of carbonyl (C=O) groups excluding carboxylic acids is 2. The molecule has 3 rings (SSSR count). The third-order valence-corrected chi connectivity index (χ3v) is 4.30. The molecule has 2 aliphatic rings. The lowest BCUT2D eigenvalue weighted by Crippen LogP contribution is -2.37. The minimum atomic E-state index is -0.821. The van der Waals surface area contributed by atoms with Gasteiger partial charge in [0.25, 0.3) is 11.8 Å². The van der Waals surface area contributed by atoms with Gasteiger partial charge in [-0.3, -0.25) is 14.4 Å². The molecule has 1 aromatic carbocycles. The number of benzene rings is 1. The van der Waals surface area contributed by atoms with Crippen LogP contribution in [0.3, 0.4) is 0 Å². The summed E-state index contributed by atoms with van der Waals surface area (Å²) >= 11 is 0. The van der Waals surface area contributed by atoms with Crippen molar-refractivity contribution < 1.29 is 24.2 Å². The normalized spacial score (nSPS) is 26.0. The molecule has 3 N–H and O–H groups in total. The van der Waals surface area contributed by atoms with Crippen LogP contribution in [0.1, 0.15) is 36.5 Å². The standard InChI is InChI=1S/C16H18N2O5/c1-8-14(19)18-12-4-2-3-11(13(12)23-8)15(20)17-10-6-5-9(7-10)16(21)22/h2-4,8-10H,5-7H2,1H3,(H,17,20)(H,18,19)(H,21,22)/t8?,9-,10+/m1/s1. The number of anilines is 1. The lowest BCUT2D eigenvalue weighted by Gasteiger charge is -2.25. The number of carboxylic acids is 1. The SMILES string of the molecule is CC1Oc2c(cccc2C(=O)N[C@H]2CC[C@@H](C(=O)O)C2)NC1=O. The number of amides is 2. The van der Waals surface area contributed by atoms with Crippen LogP contribution in [0, 0.1) is 5.92 Å². The number of hydrogen-bond acceptors (Lipinski definition) is 4. The van der Waals surface area contributed by atoms with Crippen LogP contribution < -0.4 is 15.4 Å². The van der Waals surface area contributed by atoms with E-state index in [4.69, 9.17) is 9.84 Å². The first kappa shape index (κ1) is 15.3. The van der Waals surface area contributed by atoms with E-state index >= 15 is 0 Å². The Morgan fingerprint density at radius 1 is 1.35 bits per heavy atom. The molecule has 1 unspecified atom stereocenters. The molecule has 0 spiro atoms. The fourth-order valence-electron chi connectivity index (χ4n) is 3.01. The van der Waals surface area contributed by atoms with Gasteiger partial charge in [-0.1, -0.05) is 6.07 Å². The van der Waals surface area contributed by atoms with E-state index in [1.54, 1.807) is 25.1 Å². The zero-order chi connectivity index (χ0) is 16.6. The molecule has 7 heteroatoms. The highest BCUT2D eigenvalue weighted by Crippen LogP contribution is 2.34. The highest BCUT2D eigenvalue weighted by Gasteiger charge is 2.32. The Balaban J connectivity index is 1.75.